The van der Waals surface area contributed by atoms with Crippen molar-refractivity contribution in [2.24, 2.45) is 5.92 Å². The molecule has 0 saturated heterocycles. The topological polar surface area (TPSA) is 80.3 Å². The standard InChI is InChI=1S/C28H47O7PSi4/c1-23(22-36(30)27-19-14-12-17-25(27)24-16-11-13-18-26(24)32-36)28(29)31-20-15-21-40(33-37(2,3)4,34-38(5,6)7)35-39(8,9)10/h11-14,16-19,23H,15,20-22H2,1-10H3. The zero-order chi connectivity index (χ0) is 30.0. The van der Waals surface area contributed by atoms with Crippen molar-refractivity contribution in [3.8, 4) is 16.9 Å². The molecule has 12 heteroatoms. The summed E-state index contributed by atoms with van der Waals surface area (Å²) in [5.74, 6) is -0.398. The minimum absolute atomic E-state index is 0.0755. The Morgan fingerprint density at radius 1 is 0.800 bits per heavy atom. The zero-order valence-electron chi connectivity index (χ0n) is 25.8. The van der Waals surface area contributed by atoms with Gasteiger partial charge in [-0.1, -0.05) is 43.3 Å². The van der Waals surface area contributed by atoms with Crippen LogP contribution in [0.2, 0.25) is 65.0 Å². The highest BCUT2D eigenvalue weighted by atomic mass is 31.2. The summed E-state index contributed by atoms with van der Waals surface area (Å²) in [6.45, 7) is 21.4. The molecule has 2 atom stereocenters. The van der Waals surface area contributed by atoms with Crippen LogP contribution in [-0.2, 0) is 26.4 Å². The number of fused-ring (bicyclic) bond motifs is 3. The zero-order valence-corrected chi connectivity index (χ0v) is 30.7. The molecule has 1 aliphatic heterocycles. The van der Waals surface area contributed by atoms with Gasteiger partial charge in [-0.2, -0.15) is 0 Å². The average molecular weight is 639 g/mol. The Balaban J connectivity index is 1.68. The van der Waals surface area contributed by atoms with Gasteiger partial charge in [-0.25, -0.2) is 0 Å². The Labute approximate surface area is 245 Å². The van der Waals surface area contributed by atoms with Gasteiger partial charge in [0.2, 0.25) is 0 Å². The molecule has 0 aromatic heterocycles. The number of carbonyl (C=O) groups is 1. The summed E-state index contributed by atoms with van der Waals surface area (Å²) in [7, 11) is -12.2. The lowest BCUT2D eigenvalue weighted by atomic mass is 10.0. The van der Waals surface area contributed by atoms with Crippen LogP contribution in [0.15, 0.2) is 48.5 Å². The maximum Gasteiger partial charge on any atom is 0.469 e. The van der Waals surface area contributed by atoms with Gasteiger partial charge in [-0.3, -0.25) is 9.36 Å². The molecular weight excluding hydrogens is 592 g/mol. The molecule has 0 radical (unpaired) electrons. The smallest absolute Gasteiger partial charge is 0.465 e. The number of carbonyl (C=O) groups excluding carboxylic acids is 1. The number of hydrogen-bond donors (Lipinski definition) is 0. The molecule has 1 aliphatic rings. The maximum atomic E-state index is 14.1. The molecule has 222 valence electrons. The fourth-order valence-electron chi connectivity index (χ4n) is 4.76. The molecule has 2 unspecified atom stereocenters. The van der Waals surface area contributed by atoms with Gasteiger partial charge in [0.25, 0.3) is 7.37 Å². The van der Waals surface area contributed by atoms with Crippen LogP contribution < -0.4 is 9.83 Å². The van der Waals surface area contributed by atoms with Crippen molar-refractivity contribution < 1.29 is 31.0 Å². The molecular formula is C28H47O7PSi4. The predicted molar refractivity (Wildman–Crippen MR) is 173 cm³/mol. The first-order valence-electron chi connectivity index (χ1n) is 14.1. The van der Waals surface area contributed by atoms with Crippen LogP contribution >= 0.6 is 7.37 Å². The molecule has 0 fully saturated rings. The summed E-state index contributed by atoms with van der Waals surface area (Å²) in [4.78, 5) is 13.1. The van der Waals surface area contributed by atoms with E-state index in [0.717, 1.165) is 11.1 Å². The van der Waals surface area contributed by atoms with Crippen LogP contribution in [0.4, 0.5) is 0 Å². The molecule has 0 bridgehead atoms. The third-order valence-electron chi connectivity index (χ3n) is 5.87. The third kappa shape index (κ3) is 9.35. The summed E-state index contributed by atoms with van der Waals surface area (Å²) in [5, 5.41) is 0.652. The second-order valence-corrected chi connectivity index (χ2v) is 32.8. The molecule has 0 saturated carbocycles. The van der Waals surface area contributed by atoms with Crippen LogP contribution in [0.5, 0.6) is 5.75 Å². The van der Waals surface area contributed by atoms with E-state index in [1.807, 2.05) is 48.5 Å². The Morgan fingerprint density at radius 2 is 1.30 bits per heavy atom. The van der Waals surface area contributed by atoms with E-state index in [-0.39, 0.29) is 18.7 Å². The highest BCUT2D eigenvalue weighted by molar-refractivity contribution is 7.67. The predicted octanol–water partition coefficient (Wildman–Crippen LogP) is 7.71. The van der Waals surface area contributed by atoms with Crippen molar-refractivity contribution in [3.05, 3.63) is 48.5 Å². The third-order valence-corrected chi connectivity index (χ3v) is 20.6. The molecule has 3 rings (SSSR count). The number of benzene rings is 2. The van der Waals surface area contributed by atoms with Gasteiger partial charge in [-0.05, 0) is 83.0 Å². The van der Waals surface area contributed by atoms with Crippen LogP contribution in [-0.4, -0.2) is 52.5 Å². The van der Waals surface area contributed by atoms with Crippen LogP contribution in [0.3, 0.4) is 0 Å². The fourth-order valence-corrected chi connectivity index (χ4v) is 22.0. The molecule has 0 spiro atoms. The van der Waals surface area contributed by atoms with Crippen molar-refractivity contribution in [1.29, 1.82) is 0 Å². The average Bonchev–Trinajstić information content (AvgIpc) is 2.78. The molecule has 1 heterocycles. The van der Waals surface area contributed by atoms with Crippen LogP contribution in [0, 0.1) is 5.92 Å². The van der Waals surface area contributed by atoms with Crippen molar-refractivity contribution >= 4 is 52.4 Å². The van der Waals surface area contributed by atoms with Crippen molar-refractivity contribution in [2.45, 2.75) is 78.3 Å². The molecule has 0 amide bonds. The fraction of sp³-hybridized carbons (Fsp3) is 0.536. The van der Waals surface area contributed by atoms with Gasteiger partial charge >= 0.3 is 14.8 Å². The minimum Gasteiger partial charge on any atom is -0.465 e. The summed E-state index contributed by atoms with van der Waals surface area (Å²) >= 11 is 0. The van der Waals surface area contributed by atoms with Crippen molar-refractivity contribution in [2.75, 3.05) is 12.8 Å². The second kappa shape index (κ2) is 12.5. The number of ether oxygens (including phenoxy) is 1. The Bertz CT molecular complexity index is 1190. The Morgan fingerprint density at radius 3 is 1.85 bits per heavy atom. The van der Waals surface area contributed by atoms with Crippen LogP contribution in [0.25, 0.3) is 11.1 Å². The van der Waals surface area contributed by atoms with Crippen molar-refractivity contribution in [3.63, 3.8) is 0 Å². The van der Waals surface area contributed by atoms with E-state index in [0.29, 0.717) is 23.5 Å². The van der Waals surface area contributed by atoms with Gasteiger partial charge < -0.3 is 21.6 Å². The number of rotatable bonds is 13. The number of hydrogen-bond acceptors (Lipinski definition) is 7. The van der Waals surface area contributed by atoms with E-state index in [1.165, 1.54) is 0 Å². The molecule has 2 aromatic carbocycles. The highest BCUT2D eigenvalue weighted by Crippen LogP contribution is 2.55. The SMILES string of the molecule is CC(CP1(=O)Oc2ccccc2-c2ccccc21)C(=O)OCCC[Si](O[Si](C)(C)C)(O[Si](C)(C)C)O[Si](C)(C)C. The van der Waals surface area contributed by atoms with Gasteiger partial charge in [0, 0.05) is 11.6 Å². The number of esters is 1. The lowest BCUT2D eigenvalue weighted by Crippen LogP contribution is -2.60. The second-order valence-electron chi connectivity index (χ2n) is 13.5. The van der Waals surface area contributed by atoms with Crippen molar-refractivity contribution in [1.82, 2.24) is 0 Å². The molecule has 2 aromatic rings. The van der Waals surface area contributed by atoms with Gasteiger partial charge in [-0.15, -0.1) is 0 Å². The lowest BCUT2D eigenvalue weighted by molar-refractivity contribution is -0.147. The van der Waals surface area contributed by atoms with E-state index in [9.17, 15) is 9.36 Å². The monoisotopic (exact) mass is 638 g/mol. The van der Waals surface area contributed by atoms with Gasteiger partial charge in [0.1, 0.15) is 5.75 Å². The first-order valence-corrected chi connectivity index (χ1v) is 28.0. The van der Waals surface area contributed by atoms with Gasteiger partial charge in [0.15, 0.2) is 25.0 Å². The Hall–Kier alpha value is -1.31. The largest absolute Gasteiger partial charge is 0.469 e. The lowest BCUT2D eigenvalue weighted by Gasteiger charge is -2.42. The summed E-state index contributed by atoms with van der Waals surface area (Å²) < 4.78 is 46.1. The molecule has 7 nitrogen and oxygen atoms in total. The van der Waals surface area contributed by atoms with E-state index in [2.05, 4.69) is 58.9 Å². The normalized spacial score (nSPS) is 18.4. The van der Waals surface area contributed by atoms with Crippen LogP contribution in [0.1, 0.15) is 13.3 Å². The highest BCUT2D eigenvalue weighted by Gasteiger charge is 2.49. The van der Waals surface area contributed by atoms with E-state index in [1.54, 1.807) is 6.92 Å². The summed E-state index contributed by atoms with van der Waals surface area (Å²) in [5.41, 5.74) is 1.80. The van der Waals surface area contributed by atoms with E-state index < -0.39 is 47.0 Å². The van der Waals surface area contributed by atoms with E-state index in [4.69, 9.17) is 21.6 Å². The molecule has 40 heavy (non-hydrogen) atoms. The quantitative estimate of drug-likeness (QED) is 0.0962. The minimum atomic E-state index is -3.32. The first kappa shape index (κ1) is 33.2. The molecule has 0 N–H and O–H groups in total. The summed E-state index contributed by atoms with van der Waals surface area (Å²) in [6, 6.07) is 15.8. The van der Waals surface area contributed by atoms with Gasteiger partial charge in [0.05, 0.1) is 24.0 Å². The summed E-state index contributed by atoms with van der Waals surface area (Å²) in [6.07, 6.45) is 0.653. The van der Waals surface area contributed by atoms with E-state index >= 15 is 0 Å². The number of para-hydroxylation sites is 1. The Kier molecular flexibility index (Phi) is 10.4. The maximum absolute atomic E-state index is 14.1. The first-order chi connectivity index (χ1) is 18.3. The molecule has 0 aliphatic carbocycles.